The molecule has 7 nitrogen and oxygen atoms in total. The maximum Gasteiger partial charge on any atom is 0.255 e. The van der Waals surface area contributed by atoms with Crippen molar-refractivity contribution < 1.29 is 14.3 Å². The first-order valence-corrected chi connectivity index (χ1v) is 11.0. The van der Waals surface area contributed by atoms with E-state index in [9.17, 15) is 9.59 Å². The molecule has 7 heteroatoms. The largest absolute Gasteiger partial charge is 0.497 e. The molecule has 0 unspecified atom stereocenters. The highest BCUT2D eigenvalue weighted by Gasteiger charge is 2.10. The van der Waals surface area contributed by atoms with Crippen LogP contribution in [0.2, 0.25) is 0 Å². The second-order valence-corrected chi connectivity index (χ2v) is 7.94. The van der Waals surface area contributed by atoms with E-state index in [1.54, 1.807) is 55.9 Å². The highest BCUT2D eigenvalue weighted by molar-refractivity contribution is 6.05. The lowest BCUT2D eigenvalue weighted by molar-refractivity contribution is 0.101. The Bertz CT molecular complexity index is 1490. The minimum atomic E-state index is -0.188. The van der Waals surface area contributed by atoms with Crippen molar-refractivity contribution in [1.29, 1.82) is 0 Å². The number of pyridine rings is 1. The van der Waals surface area contributed by atoms with Gasteiger partial charge < -0.3 is 20.4 Å². The van der Waals surface area contributed by atoms with Gasteiger partial charge in [-0.3, -0.25) is 14.6 Å². The maximum atomic E-state index is 12.6. The van der Waals surface area contributed by atoms with Gasteiger partial charge in [-0.1, -0.05) is 12.1 Å². The number of fused-ring (bicyclic) bond motifs is 1. The summed E-state index contributed by atoms with van der Waals surface area (Å²) in [7, 11) is 1.59. The average Bonchev–Trinajstić information content (AvgIpc) is 3.33. The molecular formula is C28H22N4O3. The van der Waals surface area contributed by atoms with Crippen molar-refractivity contribution in [3.63, 3.8) is 0 Å². The zero-order chi connectivity index (χ0) is 24.2. The van der Waals surface area contributed by atoms with Crippen molar-refractivity contribution in [3.05, 3.63) is 108 Å². The van der Waals surface area contributed by atoms with Crippen molar-refractivity contribution in [2.75, 3.05) is 17.7 Å². The highest BCUT2D eigenvalue weighted by atomic mass is 16.5. The topological polar surface area (TPSA) is 96.1 Å². The summed E-state index contributed by atoms with van der Waals surface area (Å²) < 4.78 is 5.14. The lowest BCUT2D eigenvalue weighted by atomic mass is 10.1. The molecule has 5 aromatic rings. The average molecular weight is 463 g/mol. The van der Waals surface area contributed by atoms with Gasteiger partial charge in [0.05, 0.1) is 7.11 Å². The summed E-state index contributed by atoms with van der Waals surface area (Å²) >= 11 is 0. The Morgan fingerprint density at radius 3 is 2.06 bits per heavy atom. The summed E-state index contributed by atoms with van der Waals surface area (Å²) in [6, 6.07) is 25.7. The van der Waals surface area contributed by atoms with Gasteiger partial charge in [0.25, 0.3) is 11.8 Å². The van der Waals surface area contributed by atoms with E-state index in [4.69, 9.17) is 4.74 Å². The Morgan fingerprint density at radius 1 is 0.743 bits per heavy atom. The van der Waals surface area contributed by atoms with Crippen molar-refractivity contribution in [3.8, 4) is 17.0 Å². The number of hydrogen-bond donors (Lipinski definition) is 3. The molecule has 0 radical (unpaired) electrons. The van der Waals surface area contributed by atoms with E-state index in [2.05, 4.69) is 20.6 Å². The maximum absolute atomic E-state index is 12.6. The molecule has 2 aromatic heterocycles. The molecule has 2 heterocycles. The second kappa shape index (κ2) is 9.52. The molecule has 0 spiro atoms. The molecule has 0 saturated heterocycles. The summed E-state index contributed by atoms with van der Waals surface area (Å²) in [5.41, 5.74) is 5.38. The number of hydrogen-bond acceptors (Lipinski definition) is 4. The Hall–Kier alpha value is -4.91. The molecule has 0 bridgehead atoms. The zero-order valence-electron chi connectivity index (χ0n) is 18.9. The first kappa shape index (κ1) is 21.9. The van der Waals surface area contributed by atoms with Gasteiger partial charge in [0.15, 0.2) is 0 Å². The van der Waals surface area contributed by atoms with Crippen LogP contribution in [0.4, 0.5) is 11.4 Å². The summed E-state index contributed by atoms with van der Waals surface area (Å²) in [5, 5.41) is 6.80. The molecule has 3 N–H and O–H groups in total. The molecule has 0 aliphatic rings. The SMILES string of the molecule is COc1ccc(C(=O)Nc2ccc3[nH]c(-c4ccc(NC(=O)c5ccncc5)cc4)cc3c2)cc1. The number of aromatic amines is 1. The molecule has 172 valence electrons. The van der Waals surface area contributed by atoms with Gasteiger partial charge >= 0.3 is 0 Å². The van der Waals surface area contributed by atoms with Crippen molar-refractivity contribution in [1.82, 2.24) is 9.97 Å². The third-order valence-electron chi connectivity index (χ3n) is 5.63. The minimum absolute atomic E-state index is 0.185. The van der Waals surface area contributed by atoms with E-state index in [0.29, 0.717) is 28.3 Å². The van der Waals surface area contributed by atoms with Crippen LogP contribution in [0, 0.1) is 0 Å². The second-order valence-electron chi connectivity index (χ2n) is 7.94. The monoisotopic (exact) mass is 462 g/mol. The molecule has 2 amide bonds. The number of benzene rings is 3. The number of nitrogens with one attached hydrogen (secondary N) is 3. The lowest BCUT2D eigenvalue weighted by Gasteiger charge is -2.06. The summed E-state index contributed by atoms with van der Waals surface area (Å²) in [6.45, 7) is 0. The number of H-pyrrole nitrogens is 1. The van der Waals surface area contributed by atoms with Crippen LogP contribution in [0.1, 0.15) is 20.7 Å². The normalized spacial score (nSPS) is 10.7. The number of aromatic nitrogens is 2. The van der Waals surface area contributed by atoms with Gasteiger partial charge in [0, 0.05) is 51.5 Å². The number of nitrogens with zero attached hydrogens (tertiary/aromatic N) is 1. The van der Waals surface area contributed by atoms with Crippen LogP contribution >= 0.6 is 0 Å². The molecule has 35 heavy (non-hydrogen) atoms. The smallest absolute Gasteiger partial charge is 0.255 e. The fourth-order valence-electron chi connectivity index (χ4n) is 3.75. The zero-order valence-corrected chi connectivity index (χ0v) is 18.9. The number of carbonyl (C=O) groups is 2. The van der Waals surface area contributed by atoms with Gasteiger partial charge in [-0.2, -0.15) is 0 Å². The minimum Gasteiger partial charge on any atom is -0.497 e. The Kier molecular flexibility index (Phi) is 5.96. The Morgan fingerprint density at radius 2 is 1.37 bits per heavy atom. The molecule has 0 aliphatic heterocycles. The van der Waals surface area contributed by atoms with Crippen LogP contribution in [0.15, 0.2) is 97.3 Å². The number of anilines is 2. The van der Waals surface area contributed by atoms with Gasteiger partial charge in [-0.15, -0.1) is 0 Å². The molecule has 5 rings (SSSR count). The Balaban J connectivity index is 1.29. The third-order valence-corrected chi connectivity index (χ3v) is 5.63. The van der Waals surface area contributed by atoms with Gasteiger partial charge in [0.1, 0.15) is 5.75 Å². The van der Waals surface area contributed by atoms with Crippen molar-refractivity contribution in [2.24, 2.45) is 0 Å². The van der Waals surface area contributed by atoms with E-state index in [0.717, 1.165) is 22.2 Å². The highest BCUT2D eigenvalue weighted by Crippen LogP contribution is 2.27. The number of carbonyl (C=O) groups excluding carboxylic acids is 2. The predicted octanol–water partition coefficient (Wildman–Crippen LogP) is 5.74. The number of ether oxygens (including phenoxy) is 1. The molecule has 3 aromatic carbocycles. The summed E-state index contributed by atoms with van der Waals surface area (Å²) in [5.74, 6) is 0.328. The third kappa shape index (κ3) is 4.89. The van der Waals surface area contributed by atoms with Crippen LogP contribution in [0.5, 0.6) is 5.75 Å². The molecule has 0 atom stereocenters. The standard InChI is InChI=1S/C28H22N4O3/c1-35-24-9-4-19(5-10-24)27(33)31-23-8-11-25-21(16-23)17-26(32-25)18-2-6-22(7-3-18)30-28(34)20-12-14-29-15-13-20/h2-17,32H,1H3,(H,30,34)(H,31,33). The number of methoxy groups -OCH3 is 1. The van der Waals surface area contributed by atoms with E-state index in [-0.39, 0.29) is 11.8 Å². The van der Waals surface area contributed by atoms with E-state index < -0.39 is 0 Å². The number of amides is 2. The molecule has 0 saturated carbocycles. The van der Waals surface area contributed by atoms with E-state index in [1.807, 2.05) is 48.5 Å². The first-order chi connectivity index (χ1) is 17.1. The van der Waals surface area contributed by atoms with Crippen molar-refractivity contribution >= 4 is 34.1 Å². The van der Waals surface area contributed by atoms with Crippen LogP contribution in [-0.4, -0.2) is 28.9 Å². The van der Waals surface area contributed by atoms with E-state index in [1.165, 1.54) is 0 Å². The summed E-state index contributed by atoms with van der Waals surface area (Å²) in [4.78, 5) is 32.2. The molecular weight excluding hydrogens is 440 g/mol. The van der Waals surface area contributed by atoms with Gasteiger partial charge in [-0.25, -0.2) is 0 Å². The van der Waals surface area contributed by atoms with Crippen molar-refractivity contribution in [2.45, 2.75) is 0 Å². The van der Waals surface area contributed by atoms with Gasteiger partial charge in [0.2, 0.25) is 0 Å². The number of rotatable bonds is 6. The fraction of sp³-hybridized carbons (Fsp3) is 0.0357. The van der Waals surface area contributed by atoms with Crippen LogP contribution in [0.25, 0.3) is 22.2 Å². The van der Waals surface area contributed by atoms with Crippen LogP contribution in [-0.2, 0) is 0 Å². The van der Waals surface area contributed by atoms with E-state index >= 15 is 0 Å². The van der Waals surface area contributed by atoms with Crippen LogP contribution < -0.4 is 15.4 Å². The lowest BCUT2D eigenvalue weighted by Crippen LogP contribution is -2.11. The van der Waals surface area contributed by atoms with Gasteiger partial charge in [-0.05, 0) is 78.4 Å². The quantitative estimate of drug-likeness (QED) is 0.300. The summed E-state index contributed by atoms with van der Waals surface area (Å²) in [6.07, 6.45) is 3.17. The molecule has 0 fully saturated rings. The Labute approximate surface area is 201 Å². The van der Waals surface area contributed by atoms with Crippen LogP contribution in [0.3, 0.4) is 0 Å². The molecule has 0 aliphatic carbocycles. The predicted molar refractivity (Wildman–Crippen MR) is 137 cm³/mol. The first-order valence-electron chi connectivity index (χ1n) is 11.0. The fourth-order valence-corrected chi connectivity index (χ4v) is 3.75.